The van der Waals surface area contributed by atoms with E-state index >= 15 is 0 Å². The van der Waals surface area contributed by atoms with Gasteiger partial charge in [0.15, 0.2) is 0 Å². The Bertz CT molecular complexity index is 896. The first-order valence-electron chi connectivity index (χ1n) is 8.40. The lowest BCUT2D eigenvalue weighted by molar-refractivity contribution is 0.0730. The molecule has 0 radical (unpaired) electrons. The molecule has 0 atom stereocenters. The third-order valence-corrected chi connectivity index (χ3v) is 5.95. The Balaban J connectivity index is 1.82. The van der Waals surface area contributed by atoms with Gasteiger partial charge in [-0.3, -0.25) is 0 Å². The monoisotopic (exact) mass is 391 g/mol. The number of para-hydroxylation sites is 1. The smallest absolute Gasteiger partial charge is 0.323 e. The van der Waals surface area contributed by atoms with E-state index in [0.29, 0.717) is 37.7 Å². The zero-order valence-electron chi connectivity index (χ0n) is 14.8. The first-order chi connectivity index (χ1) is 13.0. The molecule has 2 aromatic rings. The lowest BCUT2D eigenvalue weighted by Gasteiger charge is -2.26. The van der Waals surface area contributed by atoms with Gasteiger partial charge in [-0.05, 0) is 30.3 Å². The van der Waals surface area contributed by atoms with Crippen LogP contribution in [0.4, 0.5) is 16.2 Å². The molecule has 0 spiro atoms. The molecule has 1 aliphatic heterocycles. The fraction of sp³-hybridized carbons (Fsp3) is 0.278. The van der Waals surface area contributed by atoms with Crippen LogP contribution in [0.25, 0.3) is 0 Å². The van der Waals surface area contributed by atoms with Crippen molar-refractivity contribution in [1.29, 1.82) is 0 Å². The van der Waals surface area contributed by atoms with Gasteiger partial charge in [0.25, 0.3) is 0 Å². The van der Waals surface area contributed by atoms with Gasteiger partial charge in [-0.2, -0.15) is 4.31 Å². The van der Waals surface area contributed by atoms with Crippen LogP contribution in [0.5, 0.6) is 5.75 Å². The highest BCUT2D eigenvalue weighted by molar-refractivity contribution is 7.89. The number of carbonyl (C=O) groups excluding carboxylic acids is 1. The second-order valence-corrected chi connectivity index (χ2v) is 7.76. The van der Waals surface area contributed by atoms with Gasteiger partial charge in [0.05, 0.1) is 30.9 Å². The van der Waals surface area contributed by atoms with Crippen molar-refractivity contribution in [1.82, 2.24) is 4.31 Å². The van der Waals surface area contributed by atoms with Gasteiger partial charge in [0, 0.05) is 18.8 Å². The number of morpholine rings is 1. The first-order valence-corrected chi connectivity index (χ1v) is 9.84. The molecular formula is C18H21N3O5S. The van der Waals surface area contributed by atoms with Crippen LogP contribution in [0.15, 0.2) is 53.4 Å². The number of rotatable bonds is 5. The Morgan fingerprint density at radius 3 is 2.44 bits per heavy atom. The van der Waals surface area contributed by atoms with Crippen LogP contribution in [0.1, 0.15) is 0 Å². The molecule has 1 aliphatic rings. The topological polar surface area (TPSA) is 97.0 Å². The molecule has 1 saturated heterocycles. The van der Waals surface area contributed by atoms with E-state index in [2.05, 4.69) is 10.6 Å². The van der Waals surface area contributed by atoms with Crippen molar-refractivity contribution in [2.24, 2.45) is 0 Å². The molecule has 0 aromatic heterocycles. The van der Waals surface area contributed by atoms with Crippen LogP contribution >= 0.6 is 0 Å². The molecule has 144 valence electrons. The Hall–Kier alpha value is -2.62. The summed E-state index contributed by atoms with van der Waals surface area (Å²) in [5, 5.41) is 5.32. The number of amides is 2. The normalized spacial score (nSPS) is 15.1. The van der Waals surface area contributed by atoms with Crippen LogP contribution in [0.3, 0.4) is 0 Å². The van der Waals surface area contributed by atoms with Crippen molar-refractivity contribution >= 4 is 27.4 Å². The molecule has 0 aliphatic carbocycles. The number of methoxy groups -OCH3 is 1. The molecule has 8 nitrogen and oxygen atoms in total. The van der Waals surface area contributed by atoms with Gasteiger partial charge in [0.1, 0.15) is 5.75 Å². The third-order valence-electron chi connectivity index (χ3n) is 4.06. The lowest BCUT2D eigenvalue weighted by atomic mass is 10.3. The van der Waals surface area contributed by atoms with Gasteiger partial charge in [-0.25, -0.2) is 13.2 Å². The number of sulfonamides is 1. The number of hydrogen-bond acceptors (Lipinski definition) is 5. The van der Waals surface area contributed by atoms with Crippen molar-refractivity contribution in [2.45, 2.75) is 4.90 Å². The number of anilines is 2. The molecular weight excluding hydrogens is 370 g/mol. The second-order valence-electron chi connectivity index (χ2n) is 5.82. The van der Waals surface area contributed by atoms with E-state index in [0.717, 1.165) is 0 Å². The van der Waals surface area contributed by atoms with Gasteiger partial charge >= 0.3 is 6.03 Å². The van der Waals surface area contributed by atoms with E-state index in [9.17, 15) is 13.2 Å². The summed E-state index contributed by atoms with van der Waals surface area (Å²) in [4.78, 5) is 12.3. The summed E-state index contributed by atoms with van der Waals surface area (Å²) in [5.41, 5.74) is 0.881. The second kappa shape index (κ2) is 8.38. The number of benzene rings is 2. The average molecular weight is 391 g/mol. The van der Waals surface area contributed by atoms with Crippen LogP contribution in [-0.4, -0.2) is 52.2 Å². The van der Waals surface area contributed by atoms with Crippen LogP contribution in [0.2, 0.25) is 0 Å². The summed E-state index contributed by atoms with van der Waals surface area (Å²) in [6.07, 6.45) is 0. The van der Waals surface area contributed by atoms with Gasteiger partial charge in [0.2, 0.25) is 10.0 Å². The SMILES string of the molecule is COc1ccc(S(=O)(=O)N2CCOCC2)cc1NC(=O)Nc1ccccc1. The molecule has 1 heterocycles. The van der Waals surface area contributed by atoms with Crippen molar-refractivity contribution in [3.63, 3.8) is 0 Å². The lowest BCUT2D eigenvalue weighted by Crippen LogP contribution is -2.40. The molecule has 2 aromatic carbocycles. The quantitative estimate of drug-likeness (QED) is 0.816. The van der Waals surface area contributed by atoms with E-state index in [-0.39, 0.29) is 10.6 Å². The maximum atomic E-state index is 12.8. The molecule has 0 bridgehead atoms. The molecule has 0 unspecified atom stereocenters. The fourth-order valence-electron chi connectivity index (χ4n) is 2.69. The number of nitrogens with one attached hydrogen (secondary N) is 2. The summed E-state index contributed by atoms with van der Waals surface area (Å²) in [6, 6.07) is 12.8. The highest BCUT2D eigenvalue weighted by Crippen LogP contribution is 2.29. The Labute approximate surface area is 158 Å². The predicted octanol–water partition coefficient (Wildman–Crippen LogP) is 2.36. The maximum Gasteiger partial charge on any atom is 0.323 e. The fourth-order valence-corrected chi connectivity index (χ4v) is 4.12. The highest BCUT2D eigenvalue weighted by atomic mass is 32.2. The molecule has 27 heavy (non-hydrogen) atoms. The predicted molar refractivity (Wildman–Crippen MR) is 102 cm³/mol. The average Bonchev–Trinajstić information content (AvgIpc) is 2.69. The zero-order valence-corrected chi connectivity index (χ0v) is 15.7. The van der Waals surface area contributed by atoms with Gasteiger partial charge in [-0.15, -0.1) is 0 Å². The molecule has 0 saturated carbocycles. The number of carbonyl (C=O) groups is 1. The summed E-state index contributed by atoms with van der Waals surface area (Å²) in [5.74, 6) is 0.360. The van der Waals surface area contributed by atoms with Crippen LogP contribution in [-0.2, 0) is 14.8 Å². The van der Waals surface area contributed by atoms with E-state index in [4.69, 9.17) is 9.47 Å². The number of nitrogens with zero attached hydrogens (tertiary/aromatic N) is 1. The van der Waals surface area contributed by atoms with E-state index in [1.165, 1.54) is 29.6 Å². The Morgan fingerprint density at radius 2 is 1.78 bits per heavy atom. The highest BCUT2D eigenvalue weighted by Gasteiger charge is 2.27. The zero-order chi connectivity index (χ0) is 19.3. The van der Waals surface area contributed by atoms with E-state index in [1.54, 1.807) is 24.3 Å². The molecule has 2 N–H and O–H groups in total. The van der Waals surface area contributed by atoms with E-state index in [1.807, 2.05) is 6.07 Å². The molecule has 3 rings (SSSR count). The molecule has 2 amide bonds. The standard InChI is InChI=1S/C18H21N3O5S/c1-25-17-8-7-15(27(23,24)21-9-11-26-12-10-21)13-16(17)20-18(22)19-14-5-3-2-4-6-14/h2-8,13H,9-12H2,1H3,(H2,19,20,22). The Kier molecular flexibility index (Phi) is 5.94. The van der Waals surface area contributed by atoms with Crippen molar-refractivity contribution < 1.29 is 22.7 Å². The van der Waals surface area contributed by atoms with Crippen LogP contribution < -0.4 is 15.4 Å². The number of urea groups is 1. The van der Waals surface area contributed by atoms with Crippen molar-refractivity contribution in [3.8, 4) is 5.75 Å². The number of hydrogen-bond donors (Lipinski definition) is 2. The Morgan fingerprint density at radius 1 is 1.07 bits per heavy atom. The maximum absolute atomic E-state index is 12.8. The summed E-state index contributed by atoms with van der Waals surface area (Å²) < 4.78 is 37.4. The minimum Gasteiger partial charge on any atom is -0.495 e. The third kappa shape index (κ3) is 4.57. The number of ether oxygens (including phenoxy) is 2. The van der Waals surface area contributed by atoms with Crippen LogP contribution in [0, 0.1) is 0 Å². The minimum absolute atomic E-state index is 0.0835. The summed E-state index contributed by atoms with van der Waals surface area (Å²) in [7, 11) is -2.23. The largest absolute Gasteiger partial charge is 0.495 e. The molecule has 9 heteroatoms. The summed E-state index contributed by atoms with van der Waals surface area (Å²) >= 11 is 0. The van der Waals surface area contributed by atoms with Crippen molar-refractivity contribution in [3.05, 3.63) is 48.5 Å². The minimum atomic E-state index is -3.68. The van der Waals surface area contributed by atoms with Crippen molar-refractivity contribution in [2.75, 3.05) is 44.0 Å². The van der Waals surface area contributed by atoms with E-state index < -0.39 is 16.1 Å². The van der Waals surface area contributed by atoms with Gasteiger partial charge in [-0.1, -0.05) is 18.2 Å². The summed E-state index contributed by atoms with van der Waals surface area (Å²) in [6.45, 7) is 1.32. The van der Waals surface area contributed by atoms with Gasteiger partial charge < -0.3 is 20.1 Å². The first kappa shape index (κ1) is 19.2. The molecule has 1 fully saturated rings.